The lowest BCUT2D eigenvalue weighted by atomic mass is 10.1. The van der Waals surface area contributed by atoms with Gasteiger partial charge in [-0.1, -0.05) is 18.2 Å². The lowest BCUT2D eigenvalue weighted by molar-refractivity contribution is -0.133. The van der Waals surface area contributed by atoms with Gasteiger partial charge in [-0.2, -0.15) is 0 Å². The van der Waals surface area contributed by atoms with Gasteiger partial charge >= 0.3 is 0 Å². The van der Waals surface area contributed by atoms with E-state index in [2.05, 4.69) is 41.4 Å². The zero-order valence-corrected chi connectivity index (χ0v) is 15.9. The molecule has 2 fully saturated rings. The van der Waals surface area contributed by atoms with E-state index in [0.29, 0.717) is 0 Å². The van der Waals surface area contributed by atoms with E-state index in [9.17, 15) is 4.79 Å². The third-order valence-corrected chi connectivity index (χ3v) is 4.77. The highest BCUT2D eigenvalue weighted by Gasteiger charge is 2.33. The Morgan fingerprint density at radius 3 is 2.42 bits per heavy atom. The fourth-order valence-corrected chi connectivity index (χ4v) is 3.38. The van der Waals surface area contributed by atoms with Crippen molar-refractivity contribution >= 4 is 36.4 Å². The van der Waals surface area contributed by atoms with Crippen molar-refractivity contribution in [1.29, 1.82) is 0 Å². The molecule has 3 rings (SSSR count). The topological polar surface area (TPSA) is 44.8 Å². The minimum absolute atomic E-state index is 0. The highest BCUT2D eigenvalue weighted by atomic mass is 35.5. The van der Waals surface area contributed by atoms with Crippen molar-refractivity contribution in [3.63, 3.8) is 0 Å². The molecule has 24 heavy (non-hydrogen) atoms. The zero-order valence-electron chi connectivity index (χ0n) is 14.2. The van der Waals surface area contributed by atoms with E-state index in [1.54, 1.807) is 7.11 Å². The van der Waals surface area contributed by atoms with Crippen LogP contribution in [0.5, 0.6) is 0 Å². The summed E-state index contributed by atoms with van der Waals surface area (Å²) in [4.78, 5) is 16.9. The molecule has 0 aromatic heterocycles. The first kappa shape index (κ1) is 21.0. The third kappa shape index (κ3) is 4.54. The number of rotatable bonds is 3. The van der Waals surface area contributed by atoms with E-state index < -0.39 is 0 Å². The molecule has 0 saturated carbocycles. The van der Waals surface area contributed by atoms with Gasteiger partial charge in [-0.05, 0) is 25.0 Å². The maximum Gasteiger partial charge on any atom is 0.239 e. The van der Waals surface area contributed by atoms with Crippen LogP contribution in [0.25, 0.3) is 0 Å². The zero-order chi connectivity index (χ0) is 15.5. The van der Waals surface area contributed by atoms with E-state index in [1.165, 1.54) is 11.3 Å². The number of hydrogen-bond acceptors (Lipinski definition) is 4. The number of carbonyl (C=O) groups is 1. The second-order valence-electron chi connectivity index (χ2n) is 6.15. The first-order valence-corrected chi connectivity index (χ1v) is 8.04. The second kappa shape index (κ2) is 9.47. The number of methoxy groups -OCH3 is 1. The average Bonchev–Trinajstić information content (AvgIpc) is 3.04. The summed E-state index contributed by atoms with van der Waals surface area (Å²) in [7, 11) is 1.71. The van der Waals surface area contributed by atoms with Crippen molar-refractivity contribution in [3.05, 3.63) is 29.8 Å². The number of amides is 1. The Bertz CT molecular complexity index is 536. The summed E-state index contributed by atoms with van der Waals surface area (Å²) in [6, 6.07) is 8.37. The van der Waals surface area contributed by atoms with Gasteiger partial charge in [-0.15, -0.1) is 24.8 Å². The van der Waals surface area contributed by atoms with Crippen LogP contribution >= 0.6 is 24.8 Å². The molecule has 2 saturated heterocycles. The Morgan fingerprint density at radius 1 is 1.17 bits per heavy atom. The molecule has 0 spiro atoms. The Labute approximate surface area is 156 Å². The van der Waals surface area contributed by atoms with E-state index in [0.717, 1.165) is 39.1 Å². The Morgan fingerprint density at radius 2 is 1.83 bits per heavy atom. The number of ether oxygens (including phenoxy) is 1. The number of benzene rings is 1. The molecule has 2 aliphatic rings. The molecule has 1 amide bonds. The quantitative estimate of drug-likeness (QED) is 0.875. The SMILES string of the molecule is CO[C@@H]1CN[C@H](C(=O)N2CCN(c3ccccc3C)CC2)C1.Cl.Cl. The highest BCUT2D eigenvalue weighted by Crippen LogP contribution is 2.21. The number of hydrogen-bond donors (Lipinski definition) is 1. The van der Waals surface area contributed by atoms with Gasteiger partial charge in [0.25, 0.3) is 0 Å². The van der Waals surface area contributed by atoms with Crippen molar-refractivity contribution in [2.45, 2.75) is 25.5 Å². The van der Waals surface area contributed by atoms with Crippen LogP contribution in [0.4, 0.5) is 5.69 Å². The maximum absolute atomic E-state index is 12.6. The molecule has 2 atom stereocenters. The molecule has 7 heteroatoms. The Hall–Kier alpha value is -1.01. The van der Waals surface area contributed by atoms with Crippen molar-refractivity contribution in [1.82, 2.24) is 10.2 Å². The summed E-state index contributed by atoms with van der Waals surface area (Å²) >= 11 is 0. The van der Waals surface area contributed by atoms with Gasteiger partial charge in [0, 0.05) is 45.5 Å². The highest BCUT2D eigenvalue weighted by molar-refractivity contribution is 5.85. The predicted molar refractivity (Wildman–Crippen MR) is 102 cm³/mol. The molecule has 0 unspecified atom stereocenters. The molecule has 5 nitrogen and oxygen atoms in total. The Kier molecular flexibility index (Phi) is 8.30. The van der Waals surface area contributed by atoms with Crippen molar-refractivity contribution in [2.75, 3.05) is 44.7 Å². The number of nitrogens with one attached hydrogen (secondary N) is 1. The lowest BCUT2D eigenvalue weighted by Crippen LogP contribution is -2.53. The molecule has 0 bridgehead atoms. The minimum Gasteiger partial charge on any atom is -0.380 e. The molecule has 0 aliphatic carbocycles. The molecular formula is C17H27Cl2N3O2. The van der Waals surface area contributed by atoms with E-state index >= 15 is 0 Å². The third-order valence-electron chi connectivity index (χ3n) is 4.77. The number of para-hydroxylation sites is 1. The monoisotopic (exact) mass is 375 g/mol. The predicted octanol–water partition coefficient (Wildman–Crippen LogP) is 1.86. The normalized spacial score (nSPS) is 23.4. The van der Waals surface area contributed by atoms with E-state index in [-0.39, 0.29) is 42.9 Å². The van der Waals surface area contributed by atoms with Crippen LogP contribution in [0.15, 0.2) is 24.3 Å². The van der Waals surface area contributed by atoms with Crippen LogP contribution in [0, 0.1) is 6.92 Å². The molecule has 2 aliphatic heterocycles. The first-order valence-electron chi connectivity index (χ1n) is 8.04. The van der Waals surface area contributed by atoms with E-state index in [1.807, 2.05) is 4.90 Å². The second-order valence-corrected chi connectivity index (χ2v) is 6.15. The van der Waals surface area contributed by atoms with Crippen molar-refractivity contribution in [3.8, 4) is 0 Å². The van der Waals surface area contributed by atoms with Crippen LogP contribution in [0.1, 0.15) is 12.0 Å². The fourth-order valence-electron chi connectivity index (χ4n) is 3.38. The standard InChI is InChI=1S/C17H25N3O2.2ClH/c1-13-5-3-4-6-16(13)19-7-9-20(10-8-19)17(21)15-11-14(22-2)12-18-15;;/h3-6,14-15,18H,7-12H2,1-2H3;2*1H/t14-,15-;;/m0../s1. The molecule has 0 radical (unpaired) electrons. The largest absolute Gasteiger partial charge is 0.380 e. The number of aryl methyl sites for hydroxylation is 1. The van der Waals surface area contributed by atoms with Crippen LogP contribution < -0.4 is 10.2 Å². The molecule has 1 N–H and O–H groups in total. The van der Waals surface area contributed by atoms with Crippen LogP contribution in [-0.4, -0.2) is 62.8 Å². The first-order chi connectivity index (χ1) is 10.7. The van der Waals surface area contributed by atoms with Gasteiger partial charge in [0.2, 0.25) is 5.91 Å². The number of piperazine rings is 1. The number of halogens is 2. The van der Waals surface area contributed by atoms with Crippen LogP contribution in [0.3, 0.4) is 0 Å². The van der Waals surface area contributed by atoms with Gasteiger partial charge in [0.1, 0.15) is 0 Å². The summed E-state index contributed by atoms with van der Waals surface area (Å²) in [6.45, 7) is 6.30. The number of anilines is 1. The van der Waals surface area contributed by atoms with Crippen LogP contribution in [-0.2, 0) is 9.53 Å². The van der Waals surface area contributed by atoms with Crippen molar-refractivity contribution in [2.24, 2.45) is 0 Å². The van der Waals surface area contributed by atoms with Crippen molar-refractivity contribution < 1.29 is 9.53 Å². The maximum atomic E-state index is 12.6. The molecule has 136 valence electrons. The van der Waals surface area contributed by atoms with Gasteiger partial charge in [0.05, 0.1) is 12.1 Å². The Balaban J connectivity index is 0.00000144. The summed E-state index contributed by atoms with van der Waals surface area (Å²) in [5.74, 6) is 0.226. The fraction of sp³-hybridized carbons (Fsp3) is 0.588. The number of carbonyl (C=O) groups excluding carboxylic acids is 1. The molecule has 1 aromatic rings. The molecule has 1 aromatic carbocycles. The summed E-state index contributed by atoms with van der Waals surface area (Å²) < 4.78 is 5.33. The van der Waals surface area contributed by atoms with Crippen LogP contribution in [0.2, 0.25) is 0 Å². The number of nitrogens with zero attached hydrogens (tertiary/aromatic N) is 2. The summed E-state index contributed by atoms with van der Waals surface area (Å²) in [5, 5.41) is 3.28. The van der Waals surface area contributed by atoms with Gasteiger partial charge in [0.15, 0.2) is 0 Å². The van der Waals surface area contributed by atoms with E-state index in [4.69, 9.17) is 4.74 Å². The molecule has 2 heterocycles. The molecular weight excluding hydrogens is 349 g/mol. The minimum atomic E-state index is -0.0741. The van der Waals surface area contributed by atoms with Gasteiger partial charge in [-0.25, -0.2) is 0 Å². The summed E-state index contributed by atoms with van der Waals surface area (Å²) in [6.07, 6.45) is 0.954. The summed E-state index contributed by atoms with van der Waals surface area (Å²) in [5.41, 5.74) is 2.58. The smallest absolute Gasteiger partial charge is 0.239 e. The average molecular weight is 376 g/mol. The van der Waals surface area contributed by atoms with Gasteiger partial charge < -0.3 is 19.9 Å². The van der Waals surface area contributed by atoms with Gasteiger partial charge in [-0.3, -0.25) is 4.79 Å². The lowest BCUT2D eigenvalue weighted by Gasteiger charge is -2.37.